The van der Waals surface area contributed by atoms with Gasteiger partial charge in [-0.25, -0.2) is 4.39 Å². The van der Waals surface area contributed by atoms with Gasteiger partial charge in [0.25, 0.3) is 5.91 Å². The number of benzene rings is 2. The molecule has 6 heteroatoms. The number of rotatable bonds is 6. The van der Waals surface area contributed by atoms with Crippen LogP contribution in [0, 0.1) is 5.82 Å². The van der Waals surface area contributed by atoms with Crippen molar-refractivity contribution in [3.05, 3.63) is 69.3 Å². The summed E-state index contributed by atoms with van der Waals surface area (Å²) >= 11 is 7.15. The Morgan fingerprint density at radius 1 is 1.24 bits per heavy atom. The third-order valence-electron chi connectivity index (χ3n) is 3.87. The van der Waals surface area contributed by atoms with Gasteiger partial charge in [0.15, 0.2) is 0 Å². The highest BCUT2D eigenvalue weighted by atomic mass is 35.5. The molecular weight excluding hydrogens is 361 g/mol. The lowest BCUT2D eigenvalue weighted by molar-refractivity contribution is 0.0954. The summed E-state index contributed by atoms with van der Waals surface area (Å²) in [5.74, 6) is -0.539. The Labute approximate surface area is 154 Å². The van der Waals surface area contributed by atoms with E-state index < -0.39 is 0 Å². The lowest BCUT2D eigenvalue weighted by atomic mass is 10.1. The smallest absolute Gasteiger partial charge is 0.261 e. The molecule has 0 saturated heterocycles. The molecule has 1 amide bonds. The van der Waals surface area contributed by atoms with Crippen LogP contribution in [0.25, 0.3) is 10.1 Å². The Bertz CT molecular complexity index is 892. The first kappa shape index (κ1) is 17.9. The van der Waals surface area contributed by atoms with Gasteiger partial charge < -0.3 is 10.1 Å². The number of hydrogen-bond acceptors (Lipinski definition) is 3. The van der Waals surface area contributed by atoms with Gasteiger partial charge in [-0.3, -0.25) is 4.79 Å². The summed E-state index contributed by atoms with van der Waals surface area (Å²) in [6.45, 7) is 0.685. The number of methoxy groups -OCH3 is 1. The van der Waals surface area contributed by atoms with Crippen molar-refractivity contribution in [3.8, 4) is 0 Å². The van der Waals surface area contributed by atoms with E-state index in [1.54, 1.807) is 6.07 Å². The van der Waals surface area contributed by atoms with Crippen LogP contribution in [0.15, 0.2) is 42.5 Å². The monoisotopic (exact) mass is 377 g/mol. The minimum absolute atomic E-state index is 0.195. The third-order valence-corrected chi connectivity index (χ3v) is 5.32. The average molecular weight is 378 g/mol. The molecule has 25 heavy (non-hydrogen) atoms. The summed E-state index contributed by atoms with van der Waals surface area (Å²) in [5, 5.41) is 4.06. The number of nitrogens with one attached hydrogen (secondary N) is 1. The summed E-state index contributed by atoms with van der Waals surface area (Å²) in [6, 6.07) is 12.4. The second-order valence-electron chi connectivity index (χ2n) is 5.59. The van der Waals surface area contributed by atoms with Gasteiger partial charge in [-0.05, 0) is 36.2 Å². The first-order valence-corrected chi connectivity index (χ1v) is 9.01. The van der Waals surface area contributed by atoms with Gasteiger partial charge >= 0.3 is 0 Å². The Morgan fingerprint density at radius 3 is 2.72 bits per heavy atom. The lowest BCUT2D eigenvalue weighted by Gasteiger charge is -2.07. The van der Waals surface area contributed by atoms with Crippen molar-refractivity contribution in [1.82, 2.24) is 5.32 Å². The van der Waals surface area contributed by atoms with Crippen LogP contribution < -0.4 is 5.32 Å². The van der Waals surface area contributed by atoms with Gasteiger partial charge in [0, 0.05) is 34.3 Å². The zero-order valence-corrected chi connectivity index (χ0v) is 15.2. The predicted molar refractivity (Wildman–Crippen MR) is 100.0 cm³/mol. The maximum absolute atomic E-state index is 14.2. The second-order valence-corrected chi connectivity index (χ2v) is 7.08. The van der Waals surface area contributed by atoms with E-state index in [4.69, 9.17) is 16.3 Å². The summed E-state index contributed by atoms with van der Waals surface area (Å²) in [6.07, 6.45) is 0.696. The van der Waals surface area contributed by atoms with Gasteiger partial charge in [-0.15, -0.1) is 11.3 Å². The first-order chi connectivity index (χ1) is 12.1. The molecule has 0 aliphatic heterocycles. The maximum Gasteiger partial charge on any atom is 0.261 e. The molecule has 2 aromatic carbocycles. The van der Waals surface area contributed by atoms with Crippen LogP contribution in [0.3, 0.4) is 0 Å². The Morgan fingerprint density at radius 2 is 2.00 bits per heavy atom. The average Bonchev–Trinajstić information content (AvgIpc) is 2.97. The maximum atomic E-state index is 14.2. The molecule has 0 bridgehead atoms. The SMILES string of the molecule is COCc1c(C(=O)NCCc2ccc(Cl)cc2)sc2cccc(F)c12. The summed E-state index contributed by atoms with van der Waals surface area (Å²) in [5.41, 5.74) is 1.69. The molecule has 3 aromatic rings. The van der Waals surface area contributed by atoms with Crippen LogP contribution in [-0.4, -0.2) is 19.6 Å². The highest BCUT2D eigenvalue weighted by molar-refractivity contribution is 7.21. The Balaban J connectivity index is 1.76. The summed E-state index contributed by atoms with van der Waals surface area (Å²) in [7, 11) is 1.53. The number of carbonyl (C=O) groups excluding carboxylic acids is 1. The molecule has 0 radical (unpaired) electrons. The number of carbonyl (C=O) groups is 1. The molecule has 0 fully saturated rings. The molecule has 0 aliphatic rings. The van der Waals surface area contributed by atoms with E-state index in [9.17, 15) is 9.18 Å². The molecule has 1 heterocycles. The minimum atomic E-state index is -0.332. The number of ether oxygens (including phenoxy) is 1. The molecule has 130 valence electrons. The van der Waals surface area contributed by atoms with Crippen molar-refractivity contribution in [1.29, 1.82) is 0 Å². The van der Waals surface area contributed by atoms with Gasteiger partial charge in [0.1, 0.15) is 5.82 Å². The minimum Gasteiger partial charge on any atom is -0.380 e. The van der Waals surface area contributed by atoms with Crippen molar-refractivity contribution in [3.63, 3.8) is 0 Å². The first-order valence-electron chi connectivity index (χ1n) is 7.81. The fraction of sp³-hybridized carbons (Fsp3) is 0.211. The molecule has 3 rings (SSSR count). The van der Waals surface area contributed by atoms with E-state index >= 15 is 0 Å². The zero-order valence-electron chi connectivity index (χ0n) is 13.6. The fourth-order valence-corrected chi connectivity index (χ4v) is 3.95. The van der Waals surface area contributed by atoms with E-state index in [1.807, 2.05) is 30.3 Å². The molecule has 0 saturated carbocycles. The number of fused-ring (bicyclic) bond motifs is 1. The van der Waals surface area contributed by atoms with Crippen molar-refractivity contribution in [2.75, 3.05) is 13.7 Å². The van der Waals surface area contributed by atoms with Crippen molar-refractivity contribution in [2.45, 2.75) is 13.0 Å². The van der Waals surface area contributed by atoms with Gasteiger partial charge in [-0.2, -0.15) is 0 Å². The van der Waals surface area contributed by atoms with E-state index in [1.165, 1.54) is 24.5 Å². The van der Waals surface area contributed by atoms with Crippen molar-refractivity contribution < 1.29 is 13.9 Å². The van der Waals surface area contributed by atoms with E-state index in [-0.39, 0.29) is 18.3 Å². The molecular formula is C19H17ClFNO2S. The van der Waals surface area contributed by atoms with E-state index in [0.29, 0.717) is 33.8 Å². The second kappa shape index (κ2) is 7.95. The highest BCUT2D eigenvalue weighted by Gasteiger charge is 2.20. The summed E-state index contributed by atoms with van der Waals surface area (Å²) < 4.78 is 20.1. The Hall–Kier alpha value is -1.95. The molecule has 1 N–H and O–H groups in total. The van der Waals surface area contributed by atoms with E-state index in [0.717, 1.165) is 10.3 Å². The van der Waals surface area contributed by atoms with Gasteiger partial charge in [-0.1, -0.05) is 29.8 Å². The largest absolute Gasteiger partial charge is 0.380 e. The van der Waals surface area contributed by atoms with Crippen LogP contribution in [0.5, 0.6) is 0 Å². The fourth-order valence-electron chi connectivity index (χ4n) is 2.68. The zero-order chi connectivity index (χ0) is 17.8. The number of hydrogen-bond donors (Lipinski definition) is 1. The number of thiophene rings is 1. The number of halogens is 2. The molecule has 0 spiro atoms. The molecule has 3 nitrogen and oxygen atoms in total. The van der Waals surface area contributed by atoms with E-state index in [2.05, 4.69) is 5.32 Å². The van der Waals surface area contributed by atoms with Crippen LogP contribution >= 0.6 is 22.9 Å². The molecule has 1 aromatic heterocycles. The quantitative estimate of drug-likeness (QED) is 0.669. The topological polar surface area (TPSA) is 38.3 Å². The standard InChI is InChI=1S/C19H17ClFNO2S/c1-24-11-14-17-15(21)3-2-4-16(17)25-18(14)19(23)22-10-9-12-5-7-13(20)8-6-12/h2-8H,9-11H2,1H3,(H,22,23). The highest BCUT2D eigenvalue weighted by Crippen LogP contribution is 2.33. The predicted octanol–water partition coefficient (Wildman–Crippen LogP) is 4.81. The van der Waals surface area contributed by atoms with Crippen LogP contribution in [0.2, 0.25) is 5.02 Å². The van der Waals surface area contributed by atoms with Crippen molar-refractivity contribution in [2.24, 2.45) is 0 Å². The van der Waals surface area contributed by atoms with Crippen molar-refractivity contribution >= 4 is 38.9 Å². The summed E-state index contributed by atoms with van der Waals surface area (Å²) in [4.78, 5) is 13.1. The molecule has 0 unspecified atom stereocenters. The van der Waals surface area contributed by atoms with Crippen LogP contribution in [0.4, 0.5) is 4.39 Å². The van der Waals surface area contributed by atoms with Crippen LogP contribution in [-0.2, 0) is 17.8 Å². The van der Waals surface area contributed by atoms with Gasteiger partial charge in [0.05, 0.1) is 11.5 Å². The van der Waals surface area contributed by atoms with Gasteiger partial charge in [0.2, 0.25) is 0 Å². The Kier molecular flexibility index (Phi) is 5.68. The van der Waals surface area contributed by atoms with Crippen LogP contribution in [0.1, 0.15) is 20.8 Å². The number of amides is 1. The lowest BCUT2D eigenvalue weighted by Crippen LogP contribution is -2.25. The molecule has 0 atom stereocenters. The normalized spacial score (nSPS) is 11.0. The molecule has 0 aliphatic carbocycles. The third kappa shape index (κ3) is 4.00.